The van der Waals surface area contributed by atoms with Crippen molar-refractivity contribution in [1.82, 2.24) is 0 Å². The van der Waals surface area contributed by atoms with Gasteiger partial charge in [0.05, 0.1) is 0 Å². The highest BCUT2D eigenvalue weighted by atomic mass is 16.7. The fourth-order valence-corrected chi connectivity index (χ4v) is 2.12. The minimum Gasteiger partial charge on any atom is -0.454 e. The number of ether oxygens (including phenoxy) is 2. The van der Waals surface area contributed by atoms with Crippen molar-refractivity contribution in [2.45, 2.75) is 26.3 Å². The summed E-state index contributed by atoms with van der Waals surface area (Å²) in [5.41, 5.74) is 14.1. The van der Waals surface area contributed by atoms with E-state index in [0.29, 0.717) is 19.3 Å². The Bertz CT molecular complexity index is 407. The molecule has 1 aliphatic rings. The van der Waals surface area contributed by atoms with Crippen molar-refractivity contribution < 1.29 is 9.47 Å². The van der Waals surface area contributed by atoms with E-state index in [9.17, 15) is 0 Å². The van der Waals surface area contributed by atoms with Crippen molar-refractivity contribution >= 4 is 0 Å². The Morgan fingerprint density at radius 2 is 1.94 bits per heavy atom. The average Bonchev–Trinajstić information content (AvgIpc) is 2.74. The molecule has 0 fully saturated rings. The monoisotopic (exact) mass is 236 g/mol. The van der Waals surface area contributed by atoms with Gasteiger partial charge in [0.1, 0.15) is 0 Å². The lowest BCUT2D eigenvalue weighted by atomic mass is 9.93. The molecule has 1 aliphatic heterocycles. The van der Waals surface area contributed by atoms with Crippen molar-refractivity contribution in [3.05, 3.63) is 23.3 Å². The van der Waals surface area contributed by atoms with Gasteiger partial charge in [-0.3, -0.25) is 0 Å². The first kappa shape index (κ1) is 12.2. The number of aryl methyl sites for hydroxylation is 1. The molecule has 2 rings (SSSR count). The Labute approximate surface area is 102 Å². The second-order valence-corrected chi connectivity index (χ2v) is 4.75. The van der Waals surface area contributed by atoms with Crippen LogP contribution >= 0.6 is 0 Å². The molecule has 0 saturated carbocycles. The van der Waals surface area contributed by atoms with E-state index in [1.807, 2.05) is 19.1 Å². The molecule has 0 bridgehead atoms. The van der Waals surface area contributed by atoms with Crippen molar-refractivity contribution in [2.75, 3.05) is 13.3 Å². The molecule has 1 aromatic rings. The summed E-state index contributed by atoms with van der Waals surface area (Å²) < 4.78 is 10.7. The van der Waals surface area contributed by atoms with Crippen LogP contribution in [-0.2, 0) is 0 Å². The van der Waals surface area contributed by atoms with Gasteiger partial charge in [0.25, 0.3) is 0 Å². The van der Waals surface area contributed by atoms with Gasteiger partial charge in [-0.2, -0.15) is 0 Å². The van der Waals surface area contributed by atoms with E-state index in [2.05, 4.69) is 6.92 Å². The molecule has 1 heterocycles. The fraction of sp³-hybridized carbons (Fsp3) is 0.538. The largest absolute Gasteiger partial charge is 0.454 e. The van der Waals surface area contributed by atoms with Crippen LogP contribution in [-0.4, -0.2) is 13.3 Å². The predicted molar refractivity (Wildman–Crippen MR) is 67.1 cm³/mol. The summed E-state index contributed by atoms with van der Waals surface area (Å²) in [4.78, 5) is 0. The molecule has 4 nitrogen and oxygen atoms in total. The van der Waals surface area contributed by atoms with E-state index in [-0.39, 0.29) is 6.04 Å². The fourth-order valence-electron chi connectivity index (χ4n) is 2.12. The molecular formula is C13H20N2O2. The Morgan fingerprint density at radius 1 is 1.29 bits per heavy atom. The second-order valence-electron chi connectivity index (χ2n) is 4.75. The molecule has 0 radical (unpaired) electrons. The zero-order valence-electron chi connectivity index (χ0n) is 10.4. The van der Waals surface area contributed by atoms with E-state index in [1.165, 1.54) is 0 Å². The van der Waals surface area contributed by atoms with Crippen LogP contribution in [0.4, 0.5) is 0 Å². The van der Waals surface area contributed by atoms with Crippen molar-refractivity contribution in [3.63, 3.8) is 0 Å². The topological polar surface area (TPSA) is 70.5 Å². The normalized spacial score (nSPS) is 16.9. The second kappa shape index (κ2) is 4.94. The van der Waals surface area contributed by atoms with Crippen molar-refractivity contribution in [2.24, 2.45) is 17.4 Å². The summed E-state index contributed by atoms with van der Waals surface area (Å²) in [6.45, 7) is 5.12. The molecule has 0 aliphatic carbocycles. The number of nitrogens with two attached hydrogens (primary N) is 2. The van der Waals surface area contributed by atoms with Gasteiger partial charge in [-0.25, -0.2) is 0 Å². The maximum Gasteiger partial charge on any atom is 0.231 e. The molecule has 2 unspecified atom stereocenters. The van der Waals surface area contributed by atoms with E-state index >= 15 is 0 Å². The quantitative estimate of drug-likeness (QED) is 0.835. The lowest BCUT2D eigenvalue weighted by molar-refractivity contribution is 0.174. The van der Waals surface area contributed by atoms with Crippen LogP contribution in [0.25, 0.3) is 0 Å². The maximum atomic E-state index is 6.21. The van der Waals surface area contributed by atoms with Gasteiger partial charge in [0.15, 0.2) is 11.5 Å². The minimum atomic E-state index is 0.00282. The predicted octanol–water partition coefficient (Wildman–Crippen LogP) is 1.71. The first-order valence-electron chi connectivity index (χ1n) is 5.97. The molecule has 4 heteroatoms. The van der Waals surface area contributed by atoms with E-state index < -0.39 is 0 Å². The number of benzene rings is 1. The highest BCUT2D eigenvalue weighted by Gasteiger charge is 2.19. The summed E-state index contributed by atoms with van der Waals surface area (Å²) >= 11 is 0. The van der Waals surface area contributed by atoms with Crippen LogP contribution < -0.4 is 20.9 Å². The van der Waals surface area contributed by atoms with Crippen molar-refractivity contribution in [3.8, 4) is 11.5 Å². The molecule has 0 spiro atoms. The first-order chi connectivity index (χ1) is 8.11. The van der Waals surface area contributed by atoms with Gasteiger partial charge in [-0.15, -0.1) is 0 Å². The molecule has 17 heavy (non-hydrogen) atoms. The number of fused-ring (bicyclic) bond motifs is 1. The van der Waals surface area contributed by atoms with Crippen LogP contribution in [0.15, 0.2) is 12.1 Å². The van der Waals surface area contributed by atoms with Gasteiger partial charge < -0.3 is 20.9 Å². The van der Waals surface area contributed by atoms with Crippen LogP contribution in [0, 0.1) is 12.8 Å². The summed E-state index contributed by atoms with van der Waals surface area (Å²) in [5.74, 6) is 2.03. The molecular weight excluding hydrogens is 216 g/mol. The van der Waals surface area contributed by atoms with Gasteiger partial charge >= 0.3 is 0 Å². The zero-order valence-corrected chi connectivity index (χ0v) is 10.4. The minimum absolute atomic E-state index is 0.00282. The molecule has 1 aromatic carbocycles. The maximum absolute atomic E-state index is 6.21. The standard InChI is InChI=1S/C13H20N2O2/c1-8(6-14)3-11(15)10-5-13-12(4-9(10)2)16-7-17-13/h4-5,8,11H,3,6-7,14-15H2,1-2H3. The third kappa shape index (κ3) is 2.53. The SMILES string of the molecule is Cc1cc2c(cc1C(N)CC(C)CN)OCO2. The lowest BCUT2D eigenvalue weighted by Gasteiger charge is -2.18. The van der Waals surface area contributed by atoms with Gasteiger partial charge in [0.2, 0.25) is 6.79 Å². The summed E-state index contributed by atoms with van der Waals surface area (Å²) in [6.07, 6.45) is 0.886. The number of rotatable bonds is 4. The van der Waals surface area contributed by atoms with Gasteiger partial charge in [0, 0.05) is 6.04 Å². The van der Waals surface area contributed by atoms with Gasteiger partial charge in [-0.05, 0) is 49.1 Å². The Morgan fingerprint density at radius 3 is 2.59 bits per heavy atom. The number of hydrogen-bond acceptors (Lipinski definition) is 4. The van der Waals surface area contributed by atoms with Crippen LogP contribution in [0.5, 0.6) is 11.5 Å². The third-order valence-electron chi connectivity index (χ3n) is 3.22. The number of hydrogen-bond donors (Lipinski definition) is 2. The van der Waals surface area contributed by atoms with Crippen LogP contribution in [0.1, 0.15) is 30.5 Å². The Kier molecular flexibility index (Phi) is 3.54. The molecule has 0 aromatic heterocycles. The Balaban J connectivity index is 2.20. The zero-order chi connectivity index (χ0) is 12.4. The van der Waals surface area contributed by atoms with Crippen LogP contribution in [0.2, 0.25) is 0 Å². The highest BCUT2D eigenvalue weighted by molar-refractivity contribution is 5.49. The third-order valence-corrected chi connectivity index (χ3v) is 3.22. The molecule has 0 saturated heterocycles. The van der Waals surface area contributed by atoms with Crippen molar-refractivity contribution in [1.29, 1.82) is 0 Å². The Hall–Kier alpha value is -1.26. The average molecular weight is 236 g/mol. The molecule has 4 N–H and O–H groups in total. The highest BCUT2D eigenvalue weighted by Crippen LogP contribution is 2.37. The first-order valence-corrected chi connectivity index (χ1v) is 5.97. The van der Waals surface area contributed by atoms with E-state index in [1.54, 1.807) is 0 Å². The van der Waals surface area contributed by atoms with E-state index in [4.69, 9.17) is 20.9 Å². The van der Waals surface area contributed by atoms with E-state index in [0.717, 1.165) is 29.0 Å². The van der Waals surface area contributed by atoms with Crippen LogP contribution in [0.3, 0.4) is 0 Å². The molecule has 94 valence electrons. The lowest BCUT2D eigenvalue weighted by Crippen LogP contribution is -2.20. The summed E-state index contributed by atoms with van der Waals surface area (Å²) in [6, 6.07) is 3.99. The molecule has 0 amide bonds. The summed E-state index contributed by atoms with van der Waals surface area (Å²) in [5, 5.41) is 0. The smallest absolute Gasteiger partial charge is 0.231 e. The summed E-state index contributed by atoms with van der Waals surface area (Å²) in [7, 11) is 0. The molecule has 2 atom stereocenters. The van der Waals surface area contributed by atoms with Gasteiger partial charge in [-0.1, -0.05) is 6.92 Å².